The molecule has 0 aromatic heterocycles. The Morgan fingerprint density at radius 3 is 1.44 bits per heavy atom. The maximum atomic E-state index is 13.4. The van der Waals surface area contributed by atoms with E-state index in [-0.39, 0.29) is 35.5 Å². The minimum Gasteiger partial charge on any atom is -0.318 e. The molecule has 4 aliphatic rings. The first-order chi connectivity index (χ1) is 13.2. The van der Waals surface area contributed by atoms with Gasteiger partial charge in [-0.25, -0.2) is 4.90 Å². The molecular formula is C23H25N2O2+. The van der Waals surface area contributed by atoms with Crippen LogP contribution in [0.25, 0.3) is 0 Å². The summed E-state index contributed by atoms with van der Waals surface area (Å²) in [5, 5.41) is 0. The minimum atomic E-state index is -0.248. The third-order valence-electron chi connectivity index (χ3n) is 6.92. The van der Waals surface area contributed by atoms with Gasteiger partial charge in [0.15, 0.2) is 6.67 Å². The first-order valence-electron chi connectivity index (χ1n) is 10.0. The van der Waals surface area contributed by atoms with Crippen molar-refractivity contribution in [1.82, 2.24) is 4.90 Å². The van der Waals surface area contributed by atoms with Crippen LogP contribution in [0.15, 0.2) is 48.5 Å². The Kier molecular flexibility index (Phi) is 3.73. The van der Waals surface area contributed by atoms with E-state index >= 15 is 0 Å². The van der Waals surface area contributed by atoms with Gasteiger partial charge in [-0.1, -0.05) is 48.5 Å². The Morgan fingerprint density at radius 1 is 0.741 bits per heavy atom. The highest BCUT2D eigenvalue weighted by Crippen LogP contribution is 2.60. The smallest absolute Gasteiger partial charge is 0.238 e. The fourth-order valence-corrected chi connectivity index (χ4v) is 5.59. The van der Waals surface area contributed by atoms with Crippen molar-refractivity contribution in [2.75, 3.05) is 19.8 Å². The predicted octanol–water partition coefficient (Wildman–Crippen LogP) is 1.76. The zero-order valence-electron chi connectivity index (χ0n) is 15.8. The molecular weight excluding hydrogens is 336 g/mol. The van der Waals surface area contributed by atoms with Crippen LogP contribution in [0.2, 0.25) is 0 Å². The summed E-state index contributed by atoms with van der Waals surface area (Å²) in [6.45, 7) is 6.52. The Labute approximate surface area is 159 Å². The van der Waals surface area contributed by atoms with Gasteiger partial charge >= 0.3 is 0 Å². The fourth-order valence-electron chi connectivity index (χ4n) is 5.59. The average molecular weight is 361 g/mol. The zero-order chi connectivity index (χ0) is 18.7. The molecule has 3 aliphatic carbocycles. The standard InChI is InChI=1S/C23H24N2O2/c1-3-24(4-2)13-25-22(26)20-18-14-9-5-6-10-15(14)19(21(20)23(25)27)17-12-8-7-11-16(17)18/h5-12,18-21H,3-4,13H2,1-2H3/p+1/t18?,19?,20-,21-/m0/s1. The Bertz CT molecular complexity index is 818. The number of likely N-dealkylation sites (tertiary alicyclic amines) is 1. The van der Waals surface area contributed by atoms with Crippen molar-refractivity contribution in [3.05, 3.63) is 70.8 Å². The van der Waals surface area contributed by atoms with Crippen LogP contribution in [-0.2, 0) is 9.59 Å². The van der Waals surface area contributed by atoms with E-state index in [1.807, 2.05) is 0 Å². The van der Waals surface area contributed by atoms with Crippen molar-refractivity contribution >= 4 is 11.8 Å². The first-order valence-corrected chi connectivity index (χ1v) is 10.0. The number of rotatable bonds is 4. The second-order valence-electron chi connectivity index (χ2n) is 7.98. The van der Waals surface area contributed by atoms with Crippen molar-refractivity contribution in [3.63, 3.8) is 0 Å². The first kappa shape index (κ1) is 16.7. The number of nitrogens with one attached hydrogen (secondary N) is 1. The Morgan fingerprint density at radius 2 is 1.11 bits per heavy atom. The van der Waals surface area contributed by atoms with Crippen LogP contribution in [0, 0.1) is 11.8 Å². The van der Waals surface area contributed by atoms with E-state index in [9.17, 15) is 9.59 Å². The Balaban J connectivity index is 1.65. The molecule has 138 valence electrons. The number of carbonyl (C=O) groups excluding carboxylic acids is 2. The van der Waals surface area contributed by atoms with Crippen LogP contribution in [0.1, 0.15) is 47.9 Å². The lowest BCUT2D eigenvalue weighted by molar-refractivity contribution is -0.903. The van der Waals surface area contributed by atoms with E-state index in [4.69, 9.17) is 0 Å². The molecule has 1 N–H and O–H groups in total. The van der Waals surface area contributed by atoms with Gasteiger partial charge in [-0.3, -0.25) is 9.59 Å². The second kappa shape index (κ2) is 6.03. The molecule has 27 heavy (non-hydrogen) atoms. The molecule has 6 rings (SSSR count). The molecule has 1 aliphatic heterocycles. The van der Waals surface area contributed by atoms with Gasteiger partial charge in [0.1, 0.15) is 0 Å². The third-order valence-corrected chi connectivity index (χ3v) is 6.92. The maximum Gasteiger partial charge on any atom is 0.238 e. The molecule has 0 saturated carbocycles. The molecule has 1 fully saturated rings. The number of carbonyl (C=O) groups is 2. The highest BCUT2D eigenvalue weighted by Gasteiger charge is 2.61. The van der Waals surface area contributed by atoms with E-state index in [0.717, 1.165) is 13.1 Å². The number of hydrogen-bond donors (Lipinski definition) is 1. The normalized spacial score (nSPS) is 27.7. The number of imide groups is 1. The second-order valence-corrected chi connectivity index (χ2v) is 7.98. The lowest BCUT2D eigenvalue weighted by atomic mass is 9.55. The summed E-state index contributed by atoms with van der Waals surface area (Å²) in [6, 6.07) is 16.8. The van der Waals surface area contributed by atoms with Crippen molar-refractivity contribution in [2.45, 2.75) is 25.7 Å². The van der Waals surface area contributed by atoms with Gasteiger partial charge in [-0.15, -0.1) is 0 Å². The molecule has 4 nitrogen and oxygen atoms in total. The zero-order valence-corrected chi connectivity index (χ0v) is 15.8. The van der Waals surface area contributed by atoms with E-state index in [0.29, 0.717) is 6.67 Å². The minimum absolute atomic E-state index is 0.000512. The number of quaternary nitrogens is 1. The van der Waals surface area contributed by atoms with Gasteiger partial charge in [0.25, 0.3) is 0 Å². The lowest BCUT2D eigenvalue weighted by Crippen LogP contribution is -3.13. The monoisotopic (exact) mass is 361 g/mol. The molecule has 4 heteroatoms. The number of hydrogen-bond acceptors (Lipinski definition) is 2. The molecule has 1 heterocycles. The lowest BCUT2D eigenvalue weighted by Gasteiger charge is -2.45. The largest absolute Gasteiger partial charge is 0.318 e. The van der Waals surface area contributed by atoms with Crippen LogP contribution in [0.3, 0.4) is 0 Å². The fraction of sp³-hybridized carbons (Fsp3) is 0.391. The quantitative estimate of drug-likeness (QED) is 0.844. The van der Waals surface area contributed by atoms with Gasteiger partial charge in [0.05, 0.1) is 24.9 Å². The van der Waals surface area contributed by atoms with Crippen molar-refractivity contribution in [1.29, 1.82) is 0 Å². The van der Waals surface area contributed by atoms with Crippen molar-refractivity contribution in [2.24, 2.45) is 11.8 Å². The highest BCUT2D eigenvalue weighted by atomic mass is 16.2. The molecule has 2 amide bonds. The van der Waals surface area contributed by atoms with Gasteiger partial charge in [-0.05, 0) is 36.1 Å². The third kappa shape index (κ3) is 2.13. The number of benzene rings is 2. The van der Waals surface area contributed by atoms with Crippen LogP contribution in [0.4, 0.5) is 0 Å². The van der Waals surface area contributed by atoms with Crippen LogP contribution >= 0.6 is 0 Å². The molecule has 2 aromatic carbocycles. The van der Waals surface area contributed by atoms with Gasteiger partial charge in [0, 0.05) is 11.8 Å². The van der Waals surface area contributed by atoms with E-state index in [2.05, 4.69) is 62.4 Å². The van der Waals surface area contributed by atoms with E-state index in [1.165, 1.54) is 27.2 Å². The van der Waals surface area contributed by atoms with Crippen molar-refractivity contribution in [3.8, 4) is 0 Å². The molecule has 0 radical (unpaired) electrons. The summed E-state index contributed by atoms with van der Waals surface area (Å²) in [4.78, 5) is 29.7. The predicted molar refractivity (Wildman–Crippen MR) is 102 cm³/mol. The molecule has 2 bridgehead atoms. The van der Waals surface area contributed by atoms with E-state index in [1.54, 1.807) is 4.90 Å². The van der Waals surface area contributed by atoms with Crippen LogP contribution in [0.5, 0.6) is 0 Å². The van der Waals surface area contributed by atoms with Crippen molar-refractivity contribution < 1.29 is 14.5 Å². The topological polar surface area (TPSA) is 41.8 Å². The summed E-state index contributed by atoms with van der Waals surface area (Å²) in [7, 11) is 0. The van der Waals surface area contributed by atoms with Crippen LogP contribution < -0.4 is 4.90 Å². The summed E-state index contributed by atoms with van der Waals surface area (Å²) in [6.07, 6.45) is 0. The SMILES string of the molecule is CC[NH+](CC)CN1C(=O)[C@H]2C3c4ccccc4C(c4ccccc43)[C@@H]2C1=O. The molecule has 2 aromatic rings. The highest BCUT2D eigenvalue weighted by molar-refractivity contribution is 6.07. The molecule has 0 unspecified atom stereocenters. The molecule has 2 atom stereocenters. The summed E-state index contributed by atoms with van der Waals surface area (Å²) >= 11 is 0. The average Bonchev–Trinajstić information content (AvgIpc) is 2.97. The summed E-state index contributed by atoms with van der Waals surface area (Å²) in [5.41, 5.74) is 4.95. The Hall–Kier alpha value is -2.46. The van der Waals surface area contributed by atoms with Gasteiger partial charge < -0.3 is 4.90 Å². The number of amides is 2. The summed E-state index contributed by atoms with van der Waals surface area (Å²) in [5.74, 6) is -0.433. The summed E-state index contributed by atoms with van der Waals surface area (Å²) < 4.78 is 0. The van der Waals surface area contributed by atoms with Crippen LogP contribution in [-0.4, -0.2) is 36.5 Å². The van der Waals surface area contributed by atoms with Gasteiger partial charge in [0.2, 0.25) is 11.8 Å². The molecule has 0 spiro atoms. The maximum absolute atomic E-state index is 13.4. The van der Waals surface area contributed by atoms with E-state index < -0.39 is 0 Å². The van der Waals surface area contributed by atoms with Gasteiger partial charge in [-0.2, -0.15) is 0 Å². The molecule has 1 saturated heterocycles. The number of nitrogens with zero attached hydrogens (tertiary/aromatic N) is 1.